The molecule has 0 aromatic heterocycles. The van der Waals surface area contributed by atoms with Crippen LogP contribution in [0.2, 0.25) is 0 Å². The van der Waals surface area contributed by atoms with Crippen molar-refractivity contribution in [2.24, 2.45) is 0 Å². The van der Waals surface area contributed by atoms with Crippen molar-refractivity contribution in [2.75, 3.05) is 12.4 Å². The summed E-state index contributed by atoms with van der Waals surface area (Å²) in [7, 11) is 1.62. The molecule has 2 aromatic carbocycles. The quantitative estimate of drug-likeness (QED) is 0.751. The van der Waals surface area contributed by atoms with E-state index in [-0.39, 0.29) is 5.82 Å². The van der Waals surface area contributed by atoms with Crippen molar-refractivity contribution >= 4 is 37.5 Å². The molecule has 106 valence electrons. The van der Waals surface area contributed by atoms with Crippen LogP contribution >= 0.6 is 31.9 Å². The fraction of sp³-hybridized carbons (Fsp3) is 0.200. The number of anilines is 1. The molecule has 0 atom stereocenters. The molecule has 0 saturated heterocycles. The number of ether oxygens (including phenoxy) is 1. The molecular formula is C15H14Br2FNO. The second kappa shape index (κ2) is 6.59. The average Bonchev–Trinajstić information content (AvgIpc) is 2.40. The van der Waals surface area contributed by atoms with E-state index in [4.69, 9.17) is 4.74 Å². The summed E-state index contributed by atoms with van der Waals surface area (Å²) >= 11 is 6.94. The molecule has 0 fully saturated rings. The summed E-state index contributed by atoms with van der Waals surface area (Å²) in [4.78, 5) is 0. The van der Waals surface area contributed by atoms with Crippen LogP contribution in [0.4, 0.5) is 10.1 Å². The zero-order chi connectivity index (χ0) is 14.7. The van der Waals surface area contributed by atoms with E-state index >= 15 is 0 Å². The zero-order valence-corrected chi connectivity index (χ0v) is 14.3. The molecule has 1 N–H and O–H groups in total. The van der Waals surface area contributed by atoms with E-state index in [1.54, 1.807) is 20.1 Å². The van der Waals surface area contributed by atoms with Gasteiger partial charge < -0.3 is 10.1 Å². The molecule has 0 unspecified atom stereocenters. The minimum atomic E-state index is -0.202. The highest BCUT2D eigenvalue weighted by atomic mass is 79.9. The number of methoxy groups -OCH3 is 1. The molecule has 0 saturated carbocycles. The number of benzene rings is 2. The van der Waals surface area contributed by atoms with E-state index in [0.717, 1.165) is 25.9 Å². The Balaban J connectivity index is 2.17. The van der Waals surface area contributed by atoms with Crippen LogP contribution in [-0.4, -0.2) is 7.11 Å². The lowest BCUT2D eigenvalue weighted by Gasteiger charge is -2.12. The third-order valence-electron chi connectivity index (χ3n) is 3.01. The molecule has 0 heterocycles. The molecule has 0 amide bonds. The molecule has 0 aliphatic heterocycles. The molecule has 2 rings (SSSR count). The third kappa shape index (κ3) is 3.33. The van der Waals surface area contributed by atoms with E-state index < -0.39 is 0 Å². The number of hydrogen-bond donors (Lipinski definition) is 1. The Labute approximate surface area is 134 Å². The van der Waals surface area contributed by atoms with Crippen LogP contribution in [-0.2, 0) is 6.54 Å². The molecule has 0 bridgehead atoms. The predicted molar refractivity (Wildman–Crippen MR) is 86.9 cm³/mol. The SMILES string of the molecule is COc1c(Br)cc(CNc2cccc(F)c2C)cc1Br. The molecule has 5 heteroatoms. The van der Waals surface area contributed by atoms with Gasteiger partial charge in [0.25, 0.3) is 0 Å². The smallest absolute Gasteiger partial charge is 0.147 e. The number of rotatable bonds is 4. The van der Waals surface area contributed by atoms with Crippen molar-refractivity contribution in [1.82, 2.24) is 0 Å². The van der Waals surface area contributed by atoms with Crippen LogP contribution in [0.3, 0.4) is 0 Å². The van der Waals surface area contributed by atoms with Crippen molar-refractivity contribution in [3.63, 3.8) is 0 Å². The summed E-state index contributed by atoms with van der Waals surface area (Å²) in [5.74, 6) is 0.558. The van der Waals surface area contributed by atoms with Crippen LogP contribution in [0.25, 0.3) is 0 Å². The Morgan fingerprint density at radius 2 is 1.85 bits per heavy atom. The summed E-state index contributed by atoms with van der Waals surface area (Å²) in [5, 5.41) is 3.24. The van der Waals surface area contributed by atoms with Crippen molar-refractivity contribution in [1.29, 1.82) is 0 Å². The maximum Gasteiger partial charge on any atom is 0.147 e. The zero-order valence-electron chi connectivity index (χ0n) is 11.1. The Morgan fingerprint density at radius 3 is 2.45 bits per heavy atom. The normalized spacial score (nSPS) is 10.4. The first-order valence-corrected chi connectivity index (χ1v) is 7.62. The van der Waals surface area contributed by atoms with E-state index in [1.807, 2.05) is 18.2 Å². The third-order valence-corrected chi connectivity index (χ3v) is 4.19. The van der Waals surface area contributed by atoms with Crippen molar-refractivity contribution in [3.05, 3.63) is 56.2 Å². The van der Waals surface area contributed by atoms with Gasteiger partial charge in [-0.2, -0.15) is 0 Å². The van der Waals surface area contributed by atoms with E-state index in [2.05, 4.69) is 37.2 Å². The lowest BCUT2D eigenvalue weighted by atomic mass is 10.1. The van der Waals surface area contributed by atoms with E-state index in [9.17, 15) is 4.39 Å². The van der Waals surface area contributed by atoms with E-state index in [0.29, 0.717) is 12.1 Å². The van der Waals surface area contributed by atoms with Gasteiger partial charge in [0.1, 0.15) is 11.6 Å². The Hall–Kier alpha value is -1.07. The van der Waals surface area contributed by atoms with Gasteiger partial charge in [0.2, 0.25) is 0 Å². The van der Waals surface area contributed by atoms with Crippen LogP contribution in [0.15, 0.2) is 39.3 Å². The van der Waals surface area contributed by atoms with Gasteiger partial charge in [-0.05, 0) is 68.6 Å². The lowest BCUT2D eigenvalue weighted by molar-refractivity contribution is 0.409. The number of nitrogens with one attached hydrogen (secondary N) is 1. The molecular weight excluding hydrogens is 389 g/mol. The Morgan fingerprint density at radius 1 is 1.20 bits per heavy atom. The molecule has 2 nitrogen and oxygen atoms in total. The van der Waals surface area contributed by atoms with Crippen LogP contribution in [0, 0.1) is 12.7 Å². The van der Waals surface area contributed by atoms with Gasteiger partial charge in [-0.15, -0.1) is 0 Å². The van der Waals surface area contributed by atoms with Crippen molar-refractivity contribution < 1.29 is 9.13 Å². The van der Waals surface area contributed by atoms with Crippen LogP contribution in [0.1, 0.15) is 11.1 Å². The highest BCUT2D eigenvalue weighted by Crippen LogP contribution is 2.34. The van der Waals surface area contributed by atoms with Crippen molar-refractivity contribution in [2.45, 2.75) is 13.5 Å². The van der Waals surface area contributed by atoms with Gasteiger partial charge in [-0.3, -0.25) is 0 Å². The van der Waals surface area contributed by atoms with Crippen LogP contribution in [0.5, 0.6) is 5.75 Å². The molecule has 20 heavy (non-hydrogen) atoms. The number of hydrogen-bond acceptors (Lipinski definition) is 2. The van der Waals surface area contributed by atoms with Crippen molar-refractivity contribution in [3.8, 4) is 5.75 Å². The topological polar surface area (TPSA) is 21.3 Å². The fourth-order valence-corrected chi connectivity index (χ4v) is 3.51. The Kier molecular flexibility index (Phi) is 5.05. The maximum atomic E-state index is 13.5. The fourth-order valence-electron chi connectivity index (χ4n) is 1.91. The Bertz CT molecular complexity index is 608. The monoisotopic (exact) mass is 401 g/mol. The first-order valence-electron chi connectivity index (χ1n) is 6.04. The molecule has 0 spiro atoms. The maximum absolute atomic E-state index is 13.5. The highest BCUT2D eigenvalue weighted by molar-refractivity contribution is 9.11. The first kappa shape index (κ1) is 15.3. The highest BCUT2D eigenvalue weighted by Gasteiger charge is 2.08. The summed E-state index contributed by atoms with van der Waals surface area (Å²) < 4.78 is 20.5. The minimum Gasteiger partial charge on any atom is -0.494 e. The standard InChI is InChI=1S/C15H14Br2FNO/c1-9-13(18)4-3-5-14(9)19-8-10-6-11(16)15(20-2)12(17)7-10/h3-7,19H,8H2,1-2H3. The van der Waals surface area contributed by atoms with Gasteiger partial charge in [-0.25, -0.2) is 4.39 Å². The largest absolute Gasteiger partial charge is 0.494 e. The van der Waals surface area contributed by atoms with Gasteiger partial charge in [0, 0.05) is 17.8 Å². The summed E-state index contributed by atoms with van der Waals surface area (Å²) in [5.41, 5.74) is 2.49. The van der Waals surface area contributed by atoms with Gasteiger partial charge in [-0.1, -0.05) is 6.07 Å². The summed E-state index contributed by atoms with van der Waals surface area (Å²) in [6, 6.07) is 8.98. The van der Waals surface area contributed by atoms with Gasteiger partial charge >= 0.3 is 0 Å². The summed E-state index contributed by atoms with van der Waals surface area (Å²) in [6.45, 7) is 2.36. The molecule has 0 aliphatic rings. The molecule has 0 aliphatic carbocycles. The minimum absolute atomic E-state index is 0.202. The van der Waals surface area contributed by atoms with E-state index in [1.165, 1.54) is 6.07 Å². The average molecular weight is 403 g/mol. The second-order valence-corrected chi connectivity index (χ2v) is 6.07. The van der Waals surface area contributed by atoms with Crippen LogP contribution < -0.4 is 10.1 Å². The lowest BCUT2D eigenvalue weighted by Crippen LogP contribution is -2.02. The van der Waals surface area contributed by atoms with Gasteiger partial charge in [0.15, 0.2) is 0 Å². The predicted octanol–water partition coefficient (Wildman–Crippen LogP) is 5.28. The molecule has 2 aromatic rings. The summed E-state index contributed by atoms with van der Waals surface area (Å²) in [6.07, 6.45) is 0. The first-order chi connectivity index (χ1) is 9.52. The second-order valence-electron chi connectivity index (χ2n) is 4.36. The van der Waals surface area contributed by atoms with Gasteiger partial charge in [0.05, 0.1) is 16.1 Å². The number of halogens is 3. The molecule has 0 radical (unpaired) electrons.